The Morgan fingerprint density at radius 3 is 2.21 bits per heavy atom. The second-order valence-electron chi connectivity index (χ2n) is 6.63. The molecule has 0 radical (unpaired) electrons. The highest BCUT2D eigenvalue weighted by atomic mass is 16.2. The average molecular weight is 332 g/mol. The number of likely N-dealkylation sites (N-methyl/N-ethyl adjacent to an activating group) is 1. The van der Waals surface area contributed by atoms with Crippen LogP contribution in [0.25, 0.3) is 0 Å². The van der Waals surface area contributed by atoms with E-state index in [-0.39, 0.29) is 24.4 Å². The number of carbonyl (C=O) groups excluding carboxylic acids is 2. The summed E-state index contributed by atoms with van der Waals surface area (Å²) in [5.41, 5.74) is 1.93. The molecule has 0 saturated carbocycles. The monoisotopic (exact) mass is 332 g/mol. The van der Waals surface area contributed by atoms with E-state index in [4.69, 9.17) is 0 Å². The summed E-state index contributed by atoms with van der Waals surface area (Å²) in [7, 11) is 2.14. The molecule has 0 aliphatic carbocycles. The minimum atomic E-state index is -0.175. The maximum absolute atomic E-state index is 12.1. The number of nitrogens with one attached hydrogen (secondary N) is 1. The molecule has 1 aromatic carbocycles. The van der Waals surface area contributed by atoms with Crippen LogP contribution in [0.3, 0.4) is 0 Å². The number of benzene rings is 1. The third-order valence-electron chi connectivity index (χ3n) is 4.36. The minimum Gasteiger partial charge on any atom is -0.369 e. The van der Waals surface area contributed by atoms with Crippen molar-refractivity contribution in [1.29, 1.82) is 0 Å². The molecular formula is C18H28N4O2. The summed E-state index contributed by atoms with van der Waals surface area (Å²) >= 11 is 0. The minimum absolute atomic E-state index is 0.00728. The quantitative estimate of drug-likeness (QED) is 0.890. The van der Waals surface area contributed by atoms with Crippen LogP contribution in [0, 0.1) is 0 Å². The number of piperazine rings is 1. The molecule has 6 heteroatoms. The van der Waals surface area contributed by atoms with Gasteiger partial charge >= 0.3 is 0 Å². The first-order chi connectivity index (χ1) is 11.4. The first-order valence-corrected chi connectivity index (χ1v) is 8.47. The molecule has 0 spiro atoms. The largest absolute Gasteiger partial charge is 0.369 e. The summed E-state index contributed by atoms with van der Waals surface area (Å²) < 4.78 is 0. The molecule has 1 aromatic rings. The van der Waals surface area contributed by atoms with Crippen LogP contribution in [-0.2, 0) is 9.59 Å². The van der Waals surface area contributed by atoms with Gasteiger partial charge in [-0.05, 0) is 45.2 Å². The van der Waals surface area contributed by atoms with E-state index in [1.165, 1.54) is 12.6 Å². The smallest absolute Gasteiger partial charge is 0.244 e. The zero-order valence-corrected chi connectivity index (χ0v) is 15.1. The lowest BCUT2D eigenvalue weighted by Gasteiger charge is -2.34. The molecular weight excluding hydrogens is 304 g/mol. The number of carbonyl (C=O) groups is 2. The summed E-state index contributed by atoms with van der Waals surface area (Å²) in [6, 6.07) is 7.91. The Labute approximate surface area is 144 Å². The van der Waals surface area contributed by atoms with Crippen LogP contribution in [0.4, 0.5) is 11.4 Å². The Morgan fingerprint density at radius 1 is 1.12 bits per heavy atom. The Hall–Kier alpha value is -2.08. The van der Waals surface area contributed by atoms with Gasteiger partial charge in [0.25, 0.3) is 0 Å². The molecule has 2 rings (SSSR count). The molecule has 1 fully saturated rings. The van der Waals surface area contributed by atoms with Gasteiger partial charge in [-0.2, -0.15) is 0 Å². The molecule has 1 N–H and O–H groups in total. The number of hydrogen-bond donors (Lipinski definition) is 1. The van der Waals surface area contributed by atoms with Crippen LogP contribution in [0.1, 0.15) is 20.8 Å². The molecule has 1 heterocycles. The van der Waals surface area contributed by atoms with E-state index in [1.807, 2.05) is 38.1 Å². The fourth-order valence-corrected chi connectivity index (χ4v) is 2.83. The molecule has 1 aliphatic rings. The molecule has 6 nitrogen and oxygen atoms in total. The van der Waals surface area contributed by atoms with Gasteiger partial charge in [-0.25, -0.2) is 0 Å². The molecule has 1 saturated heterocycles. The first-order valence-electron chi connectivity index (χ1n) is 8.47. The topological polar surface area (TPSA) is 55.9 Å². The lowest BCUT2D eigenvalue weighted by atomic mass is 10.2. The van der Waals surface area contributed by atoms with E-state index >= 15 is 0 Å². The van der Waals surface area contributed by atoms with Crippen LogP contribution in [-0.4, -0.2) is 67.4 Å². The van der Waals surface area contributed by atoms with Crippen LogP contribution >= 0.6 is 0 Å². The summed E-state index contributed by atoms with van der Waals surface area (Å²) in [4.78, 5) is 29.9. The van der Waals surface area contributed by atoms with E-state index in [9.17, 15) is 9.59 Å². The van der Waals surface area contributed by atoms with Crippen molar-refractivity contribution in [3.63, 3.8) is 0 Å². The van der Waals surface area contributed by atoms with Crippen LogP contribution in [0.2, 0.25) is 0 Å². The van der Waals surface area contributed by atoms with Gasteiger partial charge in [0.2, 0.25) is 11.8 Å². The van der Waals surface area contributed by atoms with Crippen molar-refractivity contribution in [3.8, 4) is 0 Å². The van der Waals surface area contributed by atoms with Crippen molar-refractivity contribution >= 4 is 23.2 Å². The lowest BCUT2D eigenvalue weighted by molar-refractivity contribution is -0.134. The second kappa shape index (κ2) is 8.15. The van der Waals surface area contributed by atoms with E-state index in [1.54, 1.807) is 4.90 Å². The SMILES string of the molecule is CC(=O)N(CC(=O)Nc1ccc(N2CCN(C)CC2)cc1)C(C)C. The van der Waals surface area contributed by atoms with Crippen LogP contribution < -0.4 is 10.2 Å². The summed E-state index contributed by atoms with van der Waals surface area (Å²) in [5, 5.41) is 2.86. The number of anilines is 2. The summed E-state index contributed by atoms with van der Waals surface area (Å²) in [6.45, 7) is 9.53. The van der Waals surface area contributed by atoms with Gasteiger partial charge in [0.05, 0.1) is 0 Å². The van der Waals surface area contributed by atoms with E-state index in [0.717, 1.165) is 31.9 Å². The molecule has 132 valence electrons. The van der Waals surface area contributed by atoms with Crippen molar-refractivity contribution < 1.29 is 9.59 Å². The van der Waals surface area contributed by atoms with Gasteiger partial charge in [0.15, 0.2) is 0 Å². The van der Waals surface area contributed by atoms with Crippen molar-refractivity contribution in [2.24, 2.45) is 0 Å². The van der Waals surface area contributed by atoms with Gasteiger partial charge < -0.3 is 20.0 Å². The van der Waals surface area contributed by atoms with E-state index in [0.29, 0.717) is 0 Å². The standard InChI is InChI=1S/C18H28N4O2/c1-14(2)22(15(3)23)13-18(24)19-16-5-7-17(8-6-16)21-11-9-20(4)10-12-21/h5-8,14H,9-13H2,1-4H3,(H,19,24). The summed E-state index contributed by atoms with van der Waals surface area (Å²) in [5.74, 6) is -0.267. The zero-order valence-electron chi connectivity index (χ0n) is 15.1. The van der Waals surface area contributed by atoms with Gasteiger partial charge in [-0.3, -0.25) is 9.59 Å². The number of hydrogen-bond acceptors (Lipinski definition) is 4. The highest BCUT2D eigenvalue weighted by molar-refractivity contribution is 5.94. The van der Waals surface area contributed by atoms with Crippen LogP contribution in [0.5, 0.6) is 0 Å². The summed E-state index contributed by atoms with van der Waals surface area (Å²) in [6.07, 6.45) is 0. The molecule has 0 unspecified atom stereocenters. The van der Waals surface area contributed by atoms with Crippen molar-refractivity contribution in [3.05, 3.63) is 24.3 Å². The normalized spacial score (nSPS) is 15.5. The average Bonchev–Trinajstić information content (AvgIpc) is 2.53. The van der Waals surface area contributed by atoms with E-state index < -0.39 is 0 Å². The van der Waals surface area contributed by atoms with Gasteiger partial charge in [0.1, 0.15) is 6.54 Å². The van der Waals surface area contributed by atoms with Crippen LogP contribution in [0.15, 0.2) is 24.3 Å². The first kappa shape index (κ1) is 18.3. The molecule has 2 amide bonds. The highest BCUT2D eigenvalue weighted by Gasteiger charge is 2.17. The fourth-order valence-electron chi connectivity index (χ4n) is 2.83. The van der Waals surface area contributed by atoms with Crippen molar-refractivity contribution in [2.45, 2.75) is 26.8 Å². The Morgan fingerprint density at radius 2 is 1.71 bits per heavy atom. The molecule has 24 heavy (non-hydrogen) atoms. The predicted octanol–water partition coefficient (Wildman–Crippen LogP) is 1.63. The Bertz CT molecular complexity index is 563. The molecule has 1 aliphatic heterocycles. The zero-order chi connectivity index (χ0) is 17.7. The van der Waals surface area contributed by atoms with Gasteiger partial charge in [0, 0.05) is 50.5 Å². The van der Waals surface area contributed by atoms with Gasteiger partial charge in [-0.1, -0.05) is 0 Å². The Kier molecular flexibility index (Phi) is 6.20. The second-order valence-corrected chi connectivity index (χ2v) is 6.63. The Balaban J connectivity index is 1.91. The number of rotatable bonds is 5. The number of nitrogens with zero attached hydrogens (tertiary/aromatic N) is 3. The van der Waals surface area contributed by atoms with Crippen molar-refractivity contribution in [1.82, 2.24) is 9.80 Å². The maximum Gasteiger partial charge on any atom is 0.244 e. The molecule has 0 bridgehead atoms. The maximum atomic E-state index is 12.1. The third-order valence-corrected chi connectivity index (χ3v) is 4.36. The molecule has 0 aromatic heterocycles. The molecule has 0 atom stereocenters. The number of amides is 2. The third kappa shape index (κ3) is 4.96. The van der Waals surface area contributed by atoms with Gasteiger partial charge in [-0.15, -0.1) is 0 Å². The highest BCUT2D eigenvalue weighted by Crippen LogP contribution is 2.19. The lowest BCUT2D eigenvalue weighted by Crippen LogP contribution is -2.44. The predicted molar refractivity (Wildman–Crippen MR) is 97.3 cm³/mol. The fraction of sp³-hybridized carbons (Fsp3) is 0.556. The van der Waals surface area contributed by atoms with Crippen molar-refractivity contribution in [2.75, 3.05) is 50.0 Å². The van der Waals surface area contributed by atoms with E-state index in [2.05, 4.69) is 22.2 Å².